The van der Waals surface area contributed by atoms with Crippen LogP contribution in [-0.2, 0) is 9.59 Å². The zero-order valence-corrected chi connectivity index (χ0v) is 10.8. The molecule has 0 spiro atoms. The highest BCUT2D eigenvalue weighted by Gasteiger charge is 2.14. The van der Waals surface area contributed by atoms with E-state index in [-0.39, 0.29) is 6.61 Å². The standard InChI is InChI=1S/C12H14ClNO4/c1-7-5-9(3-4-10(7)13)18-6-11(15)14-8(2)12(16)17/h3-5,8H,6H2,1-2H3,(H,14,15)(H,16,17)/t8-/m0/s1. The lowest BCUT2D eigenvalue weighted by Crippen LogP contribution is -2.40. The van der Waals surface area contributed by atoms with Gasteiger partial charge in [-0.3, -0.25) is 9.59 Å². The molecule has 98 valence electrons. The molecule has 1 rings (SSSR count). The van der Waals surface area contributed by atoms with E-state index < -0.39 is 17.9 Å². The Labute approximate surface area is 110 Å². The van der Waals surface area contributed by atoms with Crippen LogP contribution in [0.15, 0.2) is 18.2 Å². The van der Waals surface area contributed by atoms with Gasteiger partial charge in [0.1, 0.15) is 11.8 Å². The summed E-state index contributed by atoms with van der Waals surface area (Å²) in [6.07, 6.45) is 0. The lowest BCUT2D eigenvalue weighted by atomic mass is 10.2. The van der Waals surface area contributed by atoms with Gasteiger partial charge in [0.25, 0.3) is 5.91 Å². The van der Waals surface area contributed by atoms with Crippen LogP contribution in [0.1, 0.15) is 12.5 Å². The van der Waals surface area contributed by atoms with Crippen LogP contribution in [0.4, 0.5) is 0 Å². The van der Waals surface area contributed by atoms with E-state index in [2.05, 4.69) is 5.32 Å². The average Bonchev–Trinajstić information content (AvgIpc) is 2.30. The summed E-state index contributed by atoms with van der Waals surface area (Å²) in [5, 5.41) is 11.5. The number of halogens is 1. The summed E-state index contributed by atoms with van der Waals surface area (Å²) in [4.78, 5) is 21.9. The highest BCUT2D eigenvalue weighted by atomic mass is 35.5. The Morgan fingerprint density at radius 2 is 2.17 bits per heavy atom. The van der Waals surface area contributed by atoms with Gasteiger partial charge in [0, 0.05) is 5.02 Å². The molecule has 18 heavy (non-hydrogen) atoms. The topological polar surface area (TPSA) is 75.6 Å². The number of nitrogens with one attached hydrogen (secondary N) is 1. The van der Waals surface area contributed by atoms with Crippen LogP contribution < -0.4 is 10.1 Å². The highest BCUT2D eigenvalue weighted by molar-refractivity contribution is 6.31. The molecule has 1 atom stereocenters. The van der Waals surface area contributed by atoms with Crippen LogP contribution in [0.2, 0.25) is 5.02 Å². The van der Waals surface area contributed by atoms with Crippen molar-refractivity contribution in [3.63, 3.8) is 0 Å². The van der Waals surface area contributed by atoms with E-state index in [0.29, 0.717) is 10.8 Å². The normalized spacial score (nSPS) is 11.7. The summed E-state index contributed by atoms with van der Waals surface area (Å²) in [5.41, 5.74) is 0.841. The number of hydrogen-bond acceptors (Lipinski definition) is 3. The van der Waals surface area contributed by atoms with E-state index in [9.17, 15) is 9.59 Å². The summed E-state index contributed by atoms with van der Waals surface area (Å²) in [6, 6.07) is 4.08. The Hall–Kier alpha value is -1.75. The van der Waals surface area contributed by atoms with Crippen molar-refractivity contribution >= 4 is 23.5 Å². The molecule has 0 heterocycles. The zero-order valence-electron chi connectivity index (χ0n) is 10.1. The Balaban J connectivity index is 2.47. The van der Waals surface area contributed by atoms with Crippen molar-refractivity contribution < 1.29 is 19.4 Å². The first-order valence-electron chi connectivity index (χ1n) is 5.31. The molecule has 0 fully saturated rings. The molecule has 0 saturated carbocycles. The quantitative estimate of drug-likeness (QED) is 0.853. The van der Waals surface area contributed by atoms with Gasteiger partial charge in [0.15, 0.2) is 6.61 Å². The van der Waals surface area contributed by atoms with Crippen LogP contribution in [0.5, 0.6) is 5.75 Å². The predicted molar refractivity (Wildman–Crippen MR) is 66.9 cm³/mol. The van der Waals surface area contributed by atoms with E-state index >= 15 is 0 Å². The van der Waals surface area contributed by atoms with Gasteiger partial charge < -0.3 is 15.2 Å². The zero-order chi connectivity index (χ0) is 13.7. The van der Waals surface area contributed by atoms with Gasteiger partial charge in [-0.2, -0.15) is 0 Å². The molecule has 0 aromatic heterocycles. The second-order valence-electron chi connectivity index (χ2n) is 3.83. The minimum Gasteiger partial charge on any atom is -0.484 e. The number of carbonyl (C=O) groups is 2. The summed E-state index contributed by atoms with van der Waals surface area (Å²) >= 11 is 5.85. The molecule has 0 bridgehead atoms. The van der Waals surface area contributed by atoms with E-state index in [0.717, 1.165) is 5.56 Å². The summed E-state index contributed by atoms with van der Waals surface area (Å²) in [5.74, 6) is -1.07. The minimum absolute atomic E-state index is 0.237. The summed E-state index contributed by atoms with van der Waals surface area (Å²) in [7, 11) is 0. The first-order valence-corrected chi connectivity index (χ1v) is 5.69. The lowest BCUT2D eigenvalue weighted by molar-refractivity contribution is -0.141. The maximum Gasteiger partial charge on any atom is 0.325 e. The van der Waals surface area contributed by atoms with Crippen LogP contribution >= 0.6 is 11.6 Å². The molecule has 0 aliphatic heterocycles. The number of rotatable bonds is 5. The molecule has 6 heteroatoms. The molecule has 0 radical (unpaired) electrons. The number of amides is 1. The number of carbonyl (C=O) groups excluding carboxylic acids is 1. The van der Waals surface area contributed by atoms with Gasteiger partial charge in [-0.25, -0.2) is 0 Å². The van der Waals surface area contributed by atoms with Gasteiger partial charge in [-0.05, 0) is 37.6 Å². The minimum atomic E-state index is -1.09. The third kappa shape index (κ3) is 4.25. The van der Waals surface area contributed by atoms with Gasteiger partial charge in [-0.1, -0.05) is 11.6 Å². The van der Waals surface area contributed by atoms with Gasteiger partial charge >= 0.3 is 5.97 Å². The fourth-order valence-corrected chi connectivity index (χ4v) is 1.32. The van der Waals surface area contributed by atoms with Crippen LogP contribution in [0, 0.1) is 6.92 Å². The molecule has 0 aliphatic rings. The first-order chi connectivity index (χ1) is 8.40. The van der Waals surface area contributed by atoms with Crippen molar-refractivity contribution in [2.75, 3.05) is 6.61 Å². The maximum absolute atomic E-state index is 11.4. The van der Waals surface area contributed by atoms with Crippen LogP contribution in [0.3, 0.4) is 0 Å². The van der Waals surface area contributed by atoms with Crippen LogP contribution in [-0.4, -0.2) is 29.6 Å². The summed E-state index contributed by atoms with van der Waals surface area (Å²) in [6.45, 7) is 2.97. The van der Waals surface area contributed by atoms with Crippen LogP contribution in [0.25, 0.3) is 0 Å². The third-order valence-electron chi connectivity index (χ3n) is 2.25. The average molecular weight is 272 g/mol. The van der Waals surface area contributed by atoms with Crippen molar-refractivity contribution in [1.29, 1.82) is 0 Å². The fraction of sp³-hybridized carbons (Fsp3) is 0.333. The molecule has 2 N–H and O–H groups in total. The van der Waals surface area contributed by atoms with Crippen molar-refractivity contribution in [2.45, 2.75) is 19.9 Å². The number of carboxylic acids is 1. The monoisotopic (exact) mass is 271 g/mol. The Morgan fingerprint density at radius 3 is 2.72 bits per heavy atom. The van der Waals surface area contributed by atoms with Gasteiger partial charge in [-0.15, -0.1) is 0 Å². The van der Waals surface area contributed by atoms with Crippen molar-refractivity contribution in [2.24, 2.45) is 0 Å². The Bertz CT molecular complexity index is 461. The lowest BCUT2D eigenvalue weighted by Gasteiger charge is -2.10. The third-order valence-corrected chi connectivity index (χ3v) is 2.67. The van der Waals surface area contributed by atoms with E-state index in [1.807, 2.05) is 6.92 Å². The maximum atomic E-state index is 11.4. The smallest absolute Gasteiger partial charge is 0.325 e. The van der Waals surface area contributed by atoms with E-state index in [1.54, 1.807) is 18.2 Å². The first kappa shape index (κ1) is 14.3. The molecule has 1 aromatic carbocycles. The number of benzene rings is 1. The Morgan fingerprint density at radius 1 is 1.50 bits per heavy atom. The highest BCUT2D eigenvalue weighted by Crippen LogP contribution is 2.20. The largest absolute Gasteiger partial charge is 0.484 e. The molecule has 1 amide bonds. The second kappa shape index (κ2) is 6.26. The van der Waals surface area contributed by atoms with Gasteiger partial charge in [0.05, 0.1) is 0 Å². The fourth-order valence-electron chi connectivity index (χ4n) is 1.20. The molecular formula is C12H14ClNO4. The SMILES string of the molecule is Cc1cc(OCC(=O)N[C@@H](C)C(=O)O)ccc1Cl. The molecule has 0 saturated heterocycles. The molecule has 5 nitrogen and oxygen atoms in total. The van der Waals surface area contributed by atoms with Gasteiger partial charge in [0.2, 0.25) is 0 Å². The molecule has 0 unspecified atom stereocenters. The van der Waals surface area contributed by atoms with E-state index in [4.69, 9.17) is 21.4 Å². The number of hydrogen-bond donors (Lipinski definition) is 2. The number of aryl methyl sites for hydroxylation is 1. The second-order valence-corrected chi connectivity index (χ2v) is 4.23. The summed E-state index contributed by atoms with van der Waals surface area (Å²) < 4.78 is 5.22. The predicted octanol–water partition coefficient (Wildman–Crippen LogP) is 1.62. The number of carboxylic acid groups (broad SMARTS) is 1. The molecule has 1 aromatic rings. The Kier molecular flexibility index (Phi) is 4.97. The molecule has 0 aliphatic carbocycles. The van der Waals surface area contributed by atoms with E-state index in [1.165, 1.54) is 6.92 Å². The number of ether oxygens (including phenoxy) is 1. The van der Waals surface area contributed by atoms with Crippen molar-refractivity contribution in [3.8, 4) is 5.75 Å². The van der Waals surface area contributed by atoms with Crippen molar-refractivity contribution in [3.05, 3.63) is 28.8 Å². The number of aliphatic carboxylic acids is 1. The van der Waals surface area contributed by atoms with Crippen molar-refractivity contribution in [1.82, 2.24) is 5.32 Å². The molecular weight excluding hydrogens is 258 g/mol.